The van der Waals surface area contributed by atoms with Crippen molar-refractivity contribution in [2.75, 3.05) is 51.2 Å². The molecule has 0 spiro atoms. The van der Waals surface area contributed by atoms with Crippen LogP contribution in [0.3, 0.4) is 0 Å². The predicted molar refractivity (Wildman–Crippen MR) is 102 cm³/mol. The number of carbonyl (C=O) groups excluding carboxylic acids is 3. The summed E-state index contributed by atoms with van der Waals surface area (Å²) in [6.07, 6.45) is -0.311. The molecule has 1 heterocycles. The normalized spacial score (nSPS) is 14.6. The molecule has 148 valence electrons. The number of nitrogens with zero attached hydrogens (tertiary/aromatic N) is 1. The quantitative estimate of drug-likeness (QED) is 0.633. The van der Waals surface area contributed by atoms with Crippen LogP contribution in [0.1, 0.15) is 12.5 Å². The number of carbonyl (C=O) groups is 3. The third-order valence-corrected chi connectivity index (χ3v) is 4.80. The lowest BCUT2D eigenvalue weighted by molar-refractivity contribution is -0.896. The van der Waals surface area contributed by atoms with E-state index >= 15 is 0 Å². The number of quaternary nitrogens is 1. The number of rotatable bonds is 6. The summed E-state index contributed by atoms with van der Waals surface area (Å²) in [6.45, 7) is 6.54. The Morgan fingerprint density at radius 2 is 1.93 bits per heavy atom. The summed E-state index contributed by atoms with van der Waals surface area (Å²) in [5.41, 5.74) is 1.41. The molecular formula is C18H26ClN4O4+. The Balaban J connectivity index is 1.70. The monoisotopic (exact) mass is 397 g/mol. The summed E-state index contributed by atoms with van der Waals surface area (Å²) in [7, 11) is 0. The van der Waals surface area contributed by atoms with Gasteiger partial charge in [-0.15, -0.1) is 0 Å². The van der Waals surface area contributed by atoms with Crippen molar-refractivity contribution in [3.63, 3.8) is 0 Å². The summed E-state index contributed by atoms with van der Waals surface area (Å²) in [4.78, 5) is 38.5. The van der Waals surface area contributed by atoms with Gasteiger partial charge in [0.2, 0.25) is 5.91 Å². The predicted octanol–water partition coefficient (Wildman–Crippen LogP) is 0.0601. The molecule has 8 nitrogen and oxygen atoms in total. The number of amides is 3. The molecule has 0 radical (unpaired) electrons. The van der Waals surface area contributed by atoms with Gasteiger partial charge in [0.15, 0.2) is 6.54 Å². The number of nitrogens with one attached hydrogen (secondary N) is 3. The summed E-state index contributed by atoms with van der Waals surface area (Å²) in [6, 6.07) is 5.26. The number of hydrogen-bond acceptors (Lipinski definition) is 4. The molecule has 27 heavy (non-hydrogen) atoms. The maximum Gasteiger partial charge on any atom is 0.410 e. The van der Waals surface area contributed by atoms with E-state index in [4.69, 9.17) is 16.3 Å². The summed E-state index contributed by atoms with van der Waals surface area (Å²) >= 11 is 6.02. The van der Waals surface area contributed by atoms with Gasteiger partial charge in [-0.2, -0.15) is 0 Å². The average Bonchev–Trinajstić information content (AvgIpc) is 2.64. The Hall–Kier alpha value is -2.32. The topological polar surface area (TPSA) is 92.2 Å². The first-order valence-electron chi connectivity index (χ1n) is 8.97. The van der Waals surface area contributed by atoms with E-state index in [0.29, 0.717) is 43.5 Å². The van der Waals surface area contributed by atoms with Crippen molar-refractivity contribution in [2.24, 2.45) is 0 Å². The molecule has 9 heteroatoms. The van der Waals surface area contributed by atoms with Crippen LogP contribution in [-0.4, -0.2) is 68.7 Å². The van der Waals surface area contributed by atoms with Crippen molar-refractivity contribution < 1.29 is 24.0 Å². The zero-order valence-corrected chi connectivity index (χ0v) is 16.4. The second-order valence-electron chi connectivity index (χ2n) is 6.35. The summed E-state index contributed by atoms with van der Waals surface area (Å²) in [5.74, 6) is -0.511. The van der Waals surface area contributed by atoms with Gasteiger partial charge in [-0.3, -0.25) is 14.5 Å². The van der Waals surface area contributed by atoms with Gasteiger partial charge in [-0.1, -0.05) is 17.7 Å². The van der Waals surface area contributed by atoms with E-state index in [1.54, 1.807) is 30.0 Å². The van der Waals surface area contributed by atoms with E-state index in [9.17, 15) is 14.4 Å². The highest BCUT2D eigenvalue weighted by molar-refractivity contribution is 6.31. The molecule has 2 rings (SSSR count). The average molecular weight is 398 g/mol. The van der Waals surface area contributed by atoms with Gasteiger partial charge in [0.25, 0.3) is 5.91 Å². The van der Waals surface area contributed by atoms with E-state index in [1.807, 2.05) is 6.92 Å². The van der Waals surface area contributed by atoms with Crippen LogP contribution < -0.4 is 15.5 Å². The molecule has 1 aromatic rings. The van der Waals surface area contributed by atoms with Gasteiger partial charge < -0.3 is 20.3 Å². The number of ether oxygens (including phenoxy) is 1. The van der Waals surface area contributed by atoms with Gasteiger partial charge in [0, 0.05) is 10.7 Å². The Morgan fingerprint density at radius 1 is 1.22 bits per heavy atom. The highest BCUT2D eigenvalue weighted by Crippen LogP contribution is 2.22. The van der Waals surface area contributed by atoms with E-state index in [1.165, 1.54) is 0 Å². The highest BCUT2D eigenvalue weighted by atomic mass is 35.5. The molecule has 3 N–H and O–H groups in total. The van der Waals surface area contributed by atoms with Crippen LogP contribution in [0.15, 0.2) is 18.2 Å². The maximum absolute atomic E-state index is 12.1. The Kier molecular flexibility index (Phi) is 7.87. The molecule has 3 amide bonds. The molecule has 0 aromatic heterocycles. The highest BCUT2D eigenvalue weighted by Gasteiger charge is 2.25. The first-order chi connectivity index (χ1) is 12.9. The van der Waals surface area contributed by atoms with Crippen molar-refractivity contribution >= 4 is 35.2 Å². The number of anilines is 1. The van der Waals surface area contributed by atoms with Crippen molar-refractivity contribution in [1.29, 1.82) is 0 Å². The molecule has 1 fully saturated rings. The molecular weight excluding hydrogens is 372 g/mol. The number of benzene rings is 1. The lowest BCUT2D eigenvalue weighted by Gasteiger charge is -2.31. The molecule has 0 aliphatic carbocycles. The lowest BCUT2D eigenvalue weighted by Crippen LogP contribution is -3.15. The Bertz CT molecular complexity index is 690. The van der Waals surface area contributed by atoms with Crippen molar-refractivity contribution in [3.05, 3.63) is 28.8 Å². The Labute approximate surface area is 163 Å². The fourth-order valence-corrected chi connectivity index (χ4v) is 2.98. The van der Waals surface area contributed by atoms with Gasteiger partial charge in [-0.05, 0) is 31.5 Å². The van der Waals surface area contributed by atoms with Gasteiger partial charge in [-0.25, -0.2) is 4.79 Å². The second-order valence-corrected chi connectivity index (χ2v) is 6.76. The maximum atomic E-state index is 12.1. The molecule has 1 aliphatic rings. The van der Waals surface area contributed by atoms with E-state index < -0.39 is 0 Å². The largest absolute Gasteiger partial charge is 0.450 e. The molecule has 0 bridgehead atoms. The van der Waals surface area contributed by atoms with E-state index in [0.717, 1.165) is 10.5 Å². The zero-order valence-electron chi connectivity index (χ0n) is 15.6. The SMILES string of the molecule is CCOC(=O)N1CC[NH+](CC(=O)NCC(=O)Nc2cccc(Cl)c2C)CC1. The summed E-state index contributed by atoms with van der Waals surface area (Å²) in [5, 5.41) is 5.94. The molecule has 0 unspecified atom stereocenters. The molecule has 0 saturated carbocycles. The third-order valence-electron chi connectivity index (χ3n) is 4.40. The van der Waals surface area contributed by atoms with E-state index in [-0.39, 0.29) is 31.0 Å². The smallest absolute Gasteiger partial charge is 0.410 e. The van der Waals surface area contributed by atoms with Gasteiger partial charge in [0.1, 0.15) is 0 Å². The number of halogens is 1. The first kappa shape index (κ1) is 21.0. The van der Waals surface area contributed by atoms with Crippen LogP contribution >= 0.6 is 11.6 Å². The van der Waals surface area contributed by atoms with Gasteiger partial charge in [0.05, 0.1) is 39.3 Å². The fraction of sp³-hybridized carbons (Fsp3) is 0.500. The molecule has 1 saturated heterocycles. The van der Waals surface area contributed by atoms with Crippen molar-refractivity contribution in [1.82, 2.24) is 10.2 Å². The fourth-order valence-electron chi connectivity index (χ4n) is 2.80. The summed E-state index contributed by atoms with van der Waals surface area (Å²) < 4.78 is 4.97. The molecule has 0 atom stereocenters. The van der Waals surface area contributed by atoms with Crippen LogP contribution in [0.25, 0.3) is 0 Å². The minimum Gasteiger partial charge on any atom is -0.450 e. The van der Waals surface area contributed by atoms with Crippen LogP contribution in [0, 0.1) is 6.92 Å². The Morgan fingerprint density at radius 3 is 2.59 bits per heavy atom. The number of piperazine rings is 1. The minimum atomic E-state index is -0.311. The zero-order chi connectivity index (χ0) is 19.8. The third kappa shape index (κ3) is 6.41. The van der Waals surface area contributed by atoms with Crippen LogP contribution in [-0.2, 0) is 14.3 Å². The lowest BCUT2D eigenvalue weighted by atomic mass is 10.2. The van der Waals surface area contributed by atoms with Crippen LogP contribution in [0.4, 0.5) is 10.5 Å². The van der Waals surface area contributed by atoms with E-state index in [2.05, 4.69) is 10.6 Å². The second kappa shape index (κ2) is 10.1. The van der Waals surface area contributed by atoms with Crippen LogP contribution in [0.5, 0.6) is 0 Å². The number of hydrogen-bond donors (Lipinski definition) is 3. The van der Waals surface area contributed by atoms with Gasteiger partial charge >= 0.3 is 6.09 Å². The van der Waals surface area contributed by atoms with Crippen molar-refractivity contribution in [3.8, 4) is 0 Å². The molecule has 1 aliphatic heterocycles. The first-order valence-corrected chi connectivity index (χ1v) is 9.35. The molecule has 1 aromatic carbocycles. The minimum absolute atomic E-state index is 0.104. The standard InChI is InChI=1S/C18H25ClN4O4/c1-3-27-18(26)23-9-7-22(8-10-23)12-17(25)20-11-16(24)21-15-6-4-5-14(19)13(15)2/h4-6H,3,7-12H2,1-2H3,(H,20,25)(H,21,24)/p+1. The van der Waals surface area contributed by atoms with Crippen LogP contribution in [0.2, 0.25) is 5.02 Å². The van der Waals surface area contributed by atoms with Crippen molar-refractivity contribution in [2.45, 2.75) is 13.8 Å².